The van der Waals surface area contributed by atoms with Gasteiger partial charge in [0, 0.05) is 0 Å². The van der Waals surface area contributed by atoms with E-state index >= 15 is 0 Å². The Labute approximate surface area is 162 Å². The topological polar surface area (TPSA) is 0 Å². The van der Waals surface area contributed by atoms with Crippen molar-refractivity contribution in [3.63, 3.8) is 0 Å². The summed E-state index contributed by atoms with van der Waals surface area (Å²) in [6, 6.07) is 35.9. The van der Waals surface area contributed by atoms with E-state index in [4.69, 9.17) is 0 Å². The van der Waals surface area contributed by atoms with Crippen molar-refractivity contribution in [2.45, 2.75) is 0 Å². The lowest BCUT2D eigenvalue weighted by molar-refractivity contribution is 1.79. The van der Waals surface area contributed by atoms with Crippen LogP contribution in [0.5, 0.6) is 0 Å². The van der Waals surface area contributed by atoms with Gasteiger partial charge in [-0.05, 0) is 76.8 Å². The van der Waals surface area contributed by atoms with E-state index in [1.54, 1.807) is 0 Å². The van der Waals surface area contributed by atoms with Crippen molar-refractivity contribution in [3.05, 3.63) is 97.1 Å². The molecule has 0 aliphatic heterocycles. The zero-order valence-corrected chi connectivity index (χ0v) is 15.2. The third-order valence-electron chi connectivity index (χ3n) is 6.30. The van der Waals surface area contributed by atoms with E-state index in [0.29, 0.717) is 0 Å². The summed E-state index contributed by atoms with van der Waals surface area (Å²) < 4.78 is 0. The highest BCUT2D eigenvalue weighted by Crippen LogP contribution is 2.41. The molecule has 7 rings (SSSR count). The first-order chi connectivity index (χ1) is 13.9. The molecule has 0 unspecified atom stereocenters. The predicted molar refractivity (Wildman–Crippen MR) is 123 cm³/mol. The van der Waals surface area contributed by atoms with E-state index in [1.807, 2.05) is 0 Å². The maximum Gasteiger partial charge on any atom is -0.00199 e. The number of benzene rings is 7. The van der Waals surface area contributed by atoms with Crippen molar-refractivity contribution >= 4 is 64.6 Å². The molecule has 0 atom stereocenters. The molecular formula is C28H16. The Balaban J connectivity index is 1.88. The second kappa shape index (κ2) is 4.99. The van der Waals surface area contributed by atoms with Crippen LogP contribution in [0.25, 0.3) is 64.6 Å². The number of hydrogen-bond donors (Lipinski definition) is 0. The third-order valence-corrected chi connectivity index (χ3v) is 6.30. The number of rotatable bonds is 0. The molecule has 0 saturated heterocycles. The Morgan fingerprint density at radius 2 is 0.643 bits per heavy atom. The minimum atomic E-state index is 1.31. The summed E-state index contributed by atoms with van der Waals surface area (Å²) >= 11 is 0. The van der Waals surface area contributed by atoms with E-state index < -0.39 is 0 Å². The van der Waals surface area contributed by atoms with Crippen LogP contribution in [0.15, 0.2) is 97.1 Å². The highest BCUT2D eigenvalue weighted by Gasteiger charge is 2.13. The fourth-order valence-corrected chi connectivity index (χ4v) is 5.19. The van der Waals surface area contributed by atoms with Crippen LogP contribution in [0.3, 0.4) is 0 Å². The Morgan fingerprint density at radius 3 is 1.11 bits per heavy atom. The molecule has 0 radical (unpaired) electrons. The molecule has 0 fully saturated rings. The normalized spacial score (nSPS) is 12.3. The molecule has 0 saturated carbocycles. The van der Waals surface area contributed by atoms with E-state index in [1.165, 1.54) is 64.6 Å². The SMILES string of the molecule is c1cc2cccc3c2c(c1)cc1ccc2cc4cccc5cccc(c54)c2c13. The van der Waals surface area contributed by atoms with Crippen molar-refractivity contribution in [2.75, 3.05) is 0 Å². The van der Waals surface area contributed by atoms with Gasteiger partial charge < -0.3 is 0 Å². The molecule has 0 amide bonds. The van der Waals surface area contributed by atoms with Crippen LogP contribution in [0, 0.1) is 0 Å². The van der Waals surface area contributed by atoms with Gasteiger partial charge in [-0.3, -0.25) is 0 Å². The summed E-state index contributed by atoms with van der Waals surface area (Å²) in [6.45, 7) is 0. The van der Waals surface area contributed by atoms with Gasteiger partial charge in [-0.25, -0.2) is 0 Å². The molecule has 0 nitrogen and oxygen atoms in total. The zero-order valence-electron chi connectivity index (χ0n) is 15.2. The van der Waals surface area contributed by atoms with E-state index in [2.05, 4.69) is 97.1 Å². The first-order valence-electron chi connectivity index (χ1n) is 9.79. The molecule has 0 heteroatoms. The summed E-state index contributed by atoms with van der Waals surface area (Å²) in [5.41, 5.74) is 0. The Hall–Kier alpha value is -3.64. The Morgan fingerprint density at radius 1 is 0.286 bits per heavy atom. The predicted octanol–water partition coefficient (Wildman–Crippen LogP) is 8.04. The van der Waals surface area contributed by atoms with Crippen LogP contribution in [0.1, 0.15) is 0 Å². The average Bonchev–Trinajstić information content (AvgIpc) is 2.74. The molecule has 0 N–H and O–H groups in total. The molecule has 0 aliphatic rings. The fraction of sp³-hybridized carbons (Fsp3) is 0. The minimum absolute atomic E-state index is 1.31. The third kappa shape index (κ3) is 1.70. The largest absolute Gasteiger partial charge is 0.0610 e. The van der Waals surface area contributed by atoms with Gasteiger partial charge in [0.2, 0.25) is 0 Å². The summed E-state index contributed by atoms with van der Waals surface area (Å²) in [5, 5.41) is 16.1. The molecular weight excluding hydrogens is 336 g/mol. The van der Waals surface area contributed by atoms with Gasteiger partial charge in [0.25, 0.3) is 0 Å². The molecule has 0 aromatic heterocycles. The number of hydrogen-bond acceptors (Lipinski definition) is 0. The van der Waals surface area contributed by atoms with Crippen molar-refractivity contribution in [3.8, 4) is 0 Å². The maximum absolute atomic E-state index is 2.35. The monoisotopic (exact) mass is 352 g/mol. The summed E-state index contributed by atoms with van der Waals surface area (Å²) in [7, 11) is 0. The molecule has 128 valence electrons. The second-order valence-electron chi connectivity index (χ2n) is 7.78. The van der Waals surface area contributed by atoms with Gasteiger partial charge in [-0.2, -0.15) is 0 Å². The highest BCUT2D eigenvalue weighted by atomic mass is 14.2. The van der Waals surface area contributed by atoms with Crippen LogP contribution in [0.4, 0.5) is 0 Å². The van der Waals surface area contributed by atoms with Crippen molar-refractivity contribution < 1.29 is 0 Å². The Kier molecular flexibility index (Phi) is 2.57. The molecule has 28 heavy (non-hydrogen) atoms. The minimum Gasteiger partial charge on any atom is -0.0610 e. The van der Waals surface area contributed by atoms with Crippen LogP contribution >= 0.6 is 0 Å². The van der Waals surface area contributed by atoms with Crippen molar-refractivity contribution in [1.82, 2.24) is 0 Å². The molecule has 0 heterocycles. The van der Waals surface area contributed by atoms with Gasteiger partial charge in [-0.15, -0.1) is 0 Å². The Bertz CT molecular complexity index is 1560. The highest BCUT2D eigenvalue weighted by molar-refractivity contribution is 6.34. The second-order valence-corrected chi connectivity index (χ2v) is 7.78. The van der Waals surface area contributed by atoms with Crippen LogP contribution in [-0.2, 0) is 0 Å². The summed E-state index contributed by atoms with van der Waals surface area (Å²) in [4.78, 5) is 0. The summed E-state index contributed by atoms with van der Waals surface area (Å²) in [5.74, 6) is 0. The maximum atomic E-state index is 2.35. The fourth-order valence-electron chi connectivity index (χ4n) is 5.19. The molecule has 0 bridgehead atoms. The van der Waals surface area contributed by atoms with Crippen molar-refractivity contribution in [1.29, 1.82) is 0 Å². The molecule has 0 aliphatic carbocycles. The van der Waals surface area contributed by atoms with Crippen LogP contribution in [-0.4, -0.2) is 0 Å². The standard InChI is InChI=1S/C28H16/c1-5-17-7-3-11-23-25(17)19(9-1)15-21-13-14-22-16-20-10-2-6-18-8-4-12-24(26(18)20)28(22)27(21)23/h1-16H. The number of fused-ring (bicyclic) bond motifs is 5. The van der Waals surface area contributed by atoms with Gasteiger partial charge in [0.05, 0.1) is 0 Å². The van der Waals surface area contributed by atoms with Crippen LogP contribution < -0.4 is 0 Å². The van der Waals surface area contributed by atoms with Gasteiger partial charge >= 0.3 is 0 Å². The van der Waals surface area contributed by atoms with Crippen molar-refractivity contribution in [2.24, 2.45) is 0 Å². The van der Waals surface area contributed by atoms with Gasteiger partial charge in [-0.1, -0.05) is 84.9 Å². The first kappa shape index (κ1) is 14.4. The first-order valence-corrected chi connectivity index (χ1v) is 9.79. The molecule has 7 aromatic rings. The lowest BCUT2D eigenvalue weighted by Crippen LogP contribution is -1.87. The van der Waals surface area contributed by atoms with Gasteiger partial charge in [0.1, 0.15) is 0 Å². The zero-order chi connectivity index (χ0) is 18.2. The van der Waals surface area contributed by atoms with Crippen LogP contribution in [0.2, 0.25) is 0 Å². The molecule has 7 aromatic carbocycles. The summed E-state index contributed by atoms with van der Waals surface area (Å²) in [6.07, 6.45) is 0. The lowest BCUT2D eigenvalue weighted by Gasteiger charge is -2.15. The average molecular weight is 352 g/mol. The lowest BCUT2D eigenvalue weighted by atomic mass is 9.88. The van der Waals surface area contributed by atoms with E-state index in [9.17, 15) is 0 Å². The quantitative estimate of drug-likeness (QED) is 0.191. The molecule has 0 spiro atoms. The van der Waals surface area contributed by atoms with E-state index in [-0.39, 0.29) is 0 Å². The smallest absolute Gasteiger partial charge is 0.00199 e. The van der Waals surface area contributed by atoms with Gasteiger partial charge in [0.15, 0.2) is 0 Å². The van der Waals surface area contributed by atoms with E-state index in [0.717, 1.165) is 0 Å².